The molecule has 4 aromatic heterocycles. The fourth-order valence-electron chi connectivity index (χ4n) is 5.41. The Labute approximate surface area is 259 Å². The molecule has 0 aliphatic carbocycles. The van der Waals surface area contributed by atoms with Crippen LogP contribution in [0.2, 0.25) is 0 Å². The first kappa shape index (κ1) is 31.0. The lowest BCUT2D eigenvalue weighted by Gasteiger charge is -2.30. The molecule has 14 nitrogen and oxygen atoms in total. The van der Waals surface area contributed by atoms with Gasteiger partial charge in [-0.1, -0.05) is 6.07 Å². The average molecular weight is 643 g/mol. The van der Waals surface area contributed by atoms with Gasteiger partial charge in [0, 0.05) is 56.8 Å². The highest BCUT2D eigenvalue weighted by Gasteiger charge is 2.25. The van der Waals surface area contributed by atoms with Gasteiger partial charge in [-0.25, -0.2) is 18.3 Å². The summed E-state index contributed by atoms with van der Waals surface area (Å²) in [5.41, 5.74) is 6.32. The topological polar surface area (TPSA) is 159 Å². The van der Waals surface area contributed by atoms with Crippen molar-refractivity contribution in [3.8, 4) is 17.0 Å². The van der Waals surface area contributed by atoms with E-state index in [-0.39, 0.29) is 52.1 Å². The Morgan fingerprint density at radius 3 is 2.74 bits per heavy atom. The van der Waals surface area contributed by atoms with Crippen LogP contribution in [-0.4, -0.2) is 94.6 Å². The van der Waals surface area contributed by atoms with Crippen LogP contribution < -0.4 is 15.8 Å². The molecule has 0 unspecified atom stereocenters. The number of aromatic nitrogens is 9. The number of benzene rings is 1. The molecule has 242 valence electrons. The van der Waals surface area contributed by atoms with Crippen molar-refractivity contribution in [1.29, 1.82) is 0 Å². The molecule has 1 aliphatic rings. The van der Waals surface area contributed by atoms with Gasteiger partial charge >= 0.3 is 6.61 Å². The minimum absolute atomic E-state index is 0.00390. The fraction of sp³-hybridized carbons (Fsp3) is 0.393. The molecule has 18 heteroatoms. The third kappa shape index (κ3) is 6.96. The van der Waals surface area contributed by atoms with Crippen molar-refractivity contribution in [2.75, 3.05) is 31.5 Å². The highest BCUT2D eigenvalue weighted by molar-refractivity contribution is 6.09. The van der Waals surface area contributed by atoms with Crippen LogP contribution >= 0.6 is 0 Å². The molecule has 1 saturated heterocycles. The number of nitrogens with one attached hydrogen (secondary N) is 1. The largest absolute Gasteiger partial charge is 0.434 e. The van der Waals surface area contributed by atoms with Gasteiger partial charge in [-0.2, -0.15) is 23.8 Å². The molecule has 0 spiro atoms. The maximum atomic E-state index is 13.4. The summed E-state index contributed by atoms with van der Waals surface area (Å²) in [7, 11) is 0. The molecular weight excluding hydrogens is 612 g/mol. The molecule has 0 atom stereocenters. The van der Waals surface area contributed by atoms with E-state index >= 15 is 0 Å². The molecular formula is C28H30F4N12O2. The maximum Gasteiger partial charge on any atom is 0.387 e. The molecule has 0 saturated carbocycles. The van der Waals surface area contributed by atoms with Gasteiger partial charge < -0.3 is 20.7 Å². The molecule has 0 bridgehead atoms. The molecule has 1 fully saturated rings. The fourth-order valence-corrected chi connectivity index (χ4v) is 5.41. The van der Waals surface area contributed by atoms with Crippen molar-refractivity contribution in [3.63, 3.8) is 0 Å². The molecule has 1 aliphatic heterocycles. The summed E-state index contributed by atoms with van der Waals surface area (Å²) >= 11 is 0. The van der Waals surface area contributed by atoms with Crippen LogP contribution in [0.1, 0.15) is 40.6 Å². The number of carbonyl (C=O) groups is 1. The Balaban J connectivity index is 1.32. The van der Waals surface area contributed by atoms with E-state index in [1.165, 1.54) is 46.0 Å². The highest BCUT2D eigenvalue weighted by Crippen LogP contribution is 2.37. The quantitative estimate of drug-likeness (QED) is 0.194. The van der Waals surface area contributed by atoms with Gasteiger partial charge in [0.05, 0.1) is 17.9 Å². The van der Waals surface area contributed by atoms with Crippen LogP contribution in [0, 0.1) is 0 Å². The first-order valence-corrected chi connectivity index (χ1v) is 14.5. The number of rotatable bonds is 12. The smallest absolute Gasteiger partial charge is 0.387 e. The molecule has 46 heavy (non-hydrogen) atoms. The van der Waals surface area contributed by atoms with Gasteiger partial charge in [0.15, 0.2) is 11.5 Å². The number of tetrazole rings is 1. The van der Waals surface area contributed by atoms with Gasteiger partial charge in [-0.3, -0.25) is 9.48 Å². The highest BCUT2D eigenvalue weighted by atomic mass is 19.3. The number of carbonyl (C=O) groups excluding carboxylic acids is 1. The van der Waals surface area contributed by atoms with E-state index in [0.717, 1.165) is 32.5 Å². The standard InChI is InChI=1S/C28H30F4N12O2/c29-23(30)13-17-2-3-22(46-28(31)32)19(12-17)25-21(36-27(45)20-14-35-43-8-1-7-34-26(20)43)15-42(39-25)16-24-37-40-44(38-24)18-4-9-41(10-5-18)11-6-33/h1-3,7-8,12,14-15,18,23,28H,4-6,9-11,13,16,33H2,(H,36,45). The lowest BCUT2D eigenvalue weighted by Crippen LogP contribution is -2.38. The summed E-state index contributed by atoms with van der Waals surface area (Å²) in [6, 6.07) is 5.44. The first-order valence-electron chi connectivity index (χ1n) is 14.5. The number of likely N-dealkylation sites (tertiary alicyclic amines) is 1. The lowest BCUT2D eigenvalue weighted by atomic mass is 10.0. The van der Waals surface area contributed by atoms with Crippen molar-refractivity contribution in [2.24, 2.45) is 5.73 Å². The number of hydrogen-bond donors (Lipinski definition) is 2. The molecule has 3 N–H and O–H groups in total. The van der Waals surface area contributed by atoms with Crippen LogP contribution in [0.4, 0.5) is 23.2 Å². The molecule has 5 heterocycles. The van der Waals surface area contributed by atoms with E-state index in [1.807, 2.05) is 0 Å². The van der Waals surface area contributed by atoms with Crippen molar-refractivity contribution < 1.29 is 27.1 Å². The van der Waals surface area contributed by atoms with Crippen LogP contribution in [-0.2, 0) is 13.0 Å². The van der Waals surface area contributed by atoms with E-state index in [9.17, 15) is 22.4 Å². The summed E-state index contributed by atoms with van der Waals surface area (Å²) in [6.45, 7) is -0.0553. The third-order valence-electron chi connectivity index (χ3n) is 7.54. The number of hydrogen-bond acceptors (Lipinski definition) is 10. The minimum Gasteiger partial charge on any atom is -0.434 e. The van der Waals surface area contributed by atoms with Gasteiger partial charge in [0.25, 0.3) is 5.91 Å². The lowest BCUT2D eigenvalue weighted by molar-refractivity contribution is -0.0494. The maximum absolute atomic E-state index is 13.4. The van der Waals surface area contributed by atoms with Gasteiger partial charge in [-0.05, 0) is 41.8 Å². The second kappa shape index (κ2) is 13.6. The number of nitrogens with zero attached hydrogens (tertiary/aromatic N) is 10. The Kier molecular flexibility index (Phi) is 9.16. The predicted molar refractivity (Wildman–Crippen MR) is 156 cm³/mol. The van der Waals surface area contributed by atoms with E-state index < -0.39 is 25.4 Å². The summed E-state index contributed by atoms with van der Waals surface area (Å²) < 4.78 is 60.8. The zero-order valence-electron chi connectivity index (χ0n) is 24.4. The summed E-state index contributed by atoms with van der Waals surface area (Å²) in [4.78, 5) is 21.5. The number of nitrogens with two attached hydrogens (primary N) is 1. The van der Waals surface area contributed by atoms with Gasteiger partial charge in [0.2, 0.25) is 6.43 Å². The number of fused-ring (bicyclic) bond motifs is 1. The van der Waals surface area contributed by atoms with Crippen LogP contribution in [0.5, 0.6) is 5.75 Å². The van der Waals surface area contributed by atoms with Gasteiger partial charge in [0.1, 0.15) is 23.6 Å². The minimum atomic E-state index is -3.20. The normalized spacial score (nSPS) is 14.5. The summed E-state index contributed by atoms with van der Waals surface area (Å²) in [5.74, 6) is -0.602. The van der Waals surface area contributed by atoms with Crippen LogP contribution in [0.15, 0.2) is 49.1 Å². The van der Waals surface area contributed by atoms with Crippen LogP contribution in [0.25, 0.3) is 16.9 Å². The molecule has 1 amide bonds. The summed E-state index contributed by atoms with van der Waals surface area (Å²) in [5, 5.41) is 24.3. The molecule has 5 aromatic rings. The monoisotopic (exact) mass is 642 g/mol. The molecule has 0 radical (unpaired) electrons. The van der Waals surface area contributed by atoms with Gasteiger partial charge in [-0.15, -0.1) is 10.2 Å². The van der Waals surface area contributed by atoms with Crippen molar-refractivity contribution in [1.82, 2.24) is 49.5 Å². The first-order chi connectivity index (χ1) is 22.3. The Morgan fingerprint density at radius 1 is 1.15 bits per heavy atom. The predicted octanol–water partition coefficient (Wildman–Crippen LogP) is 2.88. The van der Waals surface area contributed by atoms with E-state index in [1.54, 1.807) is 17.1 Å². The van der Waals surface area contributed by atoms with E-state index in [4.69, 9.17) is 10.5 Å². The number of anilines is 1. The molecule has 6 rings (SSSR count). The van der Waals surface area contributed by atoms with Crippen molar-refractivity contribution >= 4 is 17.2 Å². The Hall–Kier alpha value is -4.97. The number of amides is 1. The zero-order valence-corrected chi connectivity index (χ0v) is 24.4. The van der Waals surface area contributed by atoms with Crippen molar-refractivity contribution in [3.05, 3.63) is 66.0 Å². The van der Waals surface area contributed by atoms with Crippen LogP contribution in [0.3, 0.4) is 0 Å². The second-order valence-electron chi connectivity index (χ2n) is 10.7. The SMILES string of the molecule is NCCN1CCC(n2nnc(Cn3cc(NC(=O)c4cnn5cccnc45)c(-c4cc(CC(F)F)ccc4OC(F)F)n3)n2)CC1. The summed E-state index contributed by atoms with van der Waals surface area (Å²) in [6.07, 6.45) is 4.27. The number of halogens is 4. The Morgan fingerprint density at radius 2 is 1.98 bits per heavy atom. The Bertz CT molecular complexity index is 1800. The average Bonchev–Trinajstić information content (AvgIpc) is 3.77. The zero-order chi connectivity index (χ0) is 32.2. The third-order valence-corrected chi connectivity index (χ3v) is 7.54. The van der Waals surface area contributed by atoms with Crippen molar-refractivity contribution in [2.45, 2.75) is 44.9 Å². The number of piperidine rings is 1. The second-order valence-corrected chi connectivity index (χ2v) is 10.7. The van der Waals surface area contributed by atoms with E-state index in [2.05, 4.69) is 40.8 Å². The number of alkyl halides is 4. The van der Waals surface area contributed by atoms with E-state index in [0.29, 0.717) is 12.4 Å². The molecule has 1 aromatic carbocycles. The number of ether oxygens (including phenoxy) is 1.